The normalized spacial score (nSPS) is 12.3. The van der Waals surface area contributed by atoms with Crippen LogP contribution in [0.2, 0.25) is 10.0 Å². The molecule has 0 aliphatic carbocycles. The number of benzene rings is 1. The Kier molecular flexibility index (Phi) is 2.43. The van der Waals surface area contributed by atoms with Crippen LogP contribution in [0.1, 0.15) is 5.82 Å². The number of nitrogens with zero attached hydrogens (tertiary/aromatic N) is 2. The minimum Gasteiger partial charge on any atom is -0.426 e. The van der Waals surface area contributed by atoms with Gasteiger partial charge >= 0.3 is 6.18 Å². The number of rotatable bonds is 0. The maximum atomic E-state index is 12.4. The van der Waals surface area contributed by atoms with E-state index in [2.05, 4.69) is 4.98 Å². The van der Waals surface area contributed by atoms with Gasteiger partial charge in [0, 0.05) is 5.02 Å². The van der Waals surface area contributed by atoms with Gasteiger partial charge in [0.1, 0.15) is 11.0 Å². The van der Waals surface area contributed by atoms with Crippen LogP contribution in [0.5, 0.6) is 0 Å². The van der Waals surface area contributed by atoms with E-state index in [0.717, 1.165) is 6.07 Å². The first-order valence-electron chi connectivity index (χ1n) is 3.94. The van der Waals surface area contributed by atoms with E-state index in [1.807, 2.05) is 0 Å². The molecule has 0 aliphatic heterocycles. The molecular formula is C8H3Cl2F3N2O. The third-order valence-corrected chi connectivity index (χ3v) is 2.41. The second-order valence-corrected chi connectivity index (χ2v) is 3.84. The summed E-state index contributed by atoms with van der Waals surface area (Å²) in [6.45, 7) is 0. The van der Waals surface area contributed by atoms with E-state index in [4.69, 9.17) is 23.2 Å². The second-order valence-electron chi connectivity index (χ2n) is 3.00. The summed E-state index contributed by atoms with van der Waals surface area (Å²) < 4.78 is 37.1. The number of hydrogen-bond donors (Lipinski definition) is 1. The molecule has 1 aromatic heterocycles. The summed E-state index contributed by atoms with van der Waals surface area (Å²) in [5, 5.41) is 9.35. The van der Waals surface area contributed by atoms with Crippen LogP contribution < -0.4 is 0 Å². The van der Waals surface area contributed by atoms with E-state index in [1.54, 1.807) is 0 Å². The number of aromatic nitrogens is 2. The third-order valence-electron chi connectivity index (χ3n) is 1.91. The third kappa shape index (κ3) is 1.68. The molecule has 0 atom stereocenters. The number of hydrogen-bond acceptors (Lipinski definition) is 2. The van der Waals surface area contributed by atoms with Crippen molar-refractivity contribution in [3.63, 3.8) is 0 Å². The highest BCUT2D eigenvalue weighted by molar-refractivity contribution is 6.38. The zero-order valence-electron chi connectivity index (χ0n) is 7.39. The van der Waals surface area contributed by atoms with Gasteiger partial charge in [0.15, 0.2) is 0 Å². The molecule has 16 heavy (non-hydrogen) atoms. The highest BCUT2D eigenvalue weighted by Gasteiger charge is 2.38. The first-order valence-corrected chi connectivity index (χ1v) is 4.70. The fourth-order valence-corrected chi connectivity index (χ4v) is 1.80. The molecule has 8 heteroatoms. The van der Waals surface area contributed by atoms with Gasteiger partial charge in [0.25, 0.3) is 5.82 Å². The molecule has 1 aromatic carbocycles. The van der Waals surface area contributed by atoms with Crippen LogP contribution in [0, 0.1) is 0 Å². The van der Waals surface area contributed by atoms with Gasteiger partial charge < -0.3 is 5.21 Å². The fourth-order valence-electron chi connectivity index (χ4n) is 1.28. The fraction of sp³-hybridized carbons (Fsp3) is 0.125. The molecule has 0 unspecified atom stereocenters. The molecule has 1 heterocycles. The predicted molar refractivity (Wildman–Crippen MR) is 51.9 cm³/mol. The molecule has 0 aliphatic rings. The maximum Gasteiger partial charge on any atom is 0.453 e. The van der Waals surface area contributed by atoms with Crippen LogP contribution in [-0.2, 0) is 6.18 Å². The Balaban J connectivity index is 2.83. The second kappa shape index (κ2) is 3.43. The highest BCUT2D eigenvalue weighted by Crippen LogP contribution is 2.34. The van der Waals surface area contributed by atoms with Gasteiger partial charge in [0.05, 0.1) is 5.02 Å². The first kappa shape index (κ1) is 11.3. The lowest BCUT2D eigenvalue weighted by molar-refractivity contribution is -0.153. The summed E-state index contributed by atoms with van der Waals surface area (Å²) in [6.07, 6.45) is -4.76. The summed E-state index contributed by atoms with van der Waals surface area (Å²) >= 11 is 11.3. The van der Waals surface area contributed by atoms with Crippen molar-refractivity contribution in [3.05, 3.63) is 28.0 Å². The van der Waals surface area contributed by atoms with E-state index in [9.17, 15) is 18.4 Å². The van der Waals surface area contributed by atoms with Crippen LogP contribution in [0.3, 0.4) is 0 Å². The molecule has 0 amide bonds. The zero-order chi connectivity index (χ0) is 12.1. The van der Waals surface area contributed by atoms with E-state index in [1.165, 1.54) is 6.07 Å². The summed E-state index contributed by atoms with van der Waals surface area (Å²) in [4.78, 5) is 3.22. The van der Waals surface area contributed by atoms with Crippen molar-refractivity contribution < 1.29 is 18.4 Å². The van der Waals surface area contributed by atoms with Crippen molar-refractivity contribution in [2.24, 2.45) is 0 Å². The van der Waals surface area contributed by atoms with Crippen LogP contribution in [0.15, 0.2) is 12.1 Å². The summed E-state index contributed by atoms with van der Waals surface area (Å²) in [6, 6.07) is 2.39. The van der Waals surface area contributed by atoms with Gasteiger partial charge in [-0.2, -0.15) is 17.9 Å². The highest BCUT2D eigenvalue weighted by atomic mass is 35.5. The Morgan fingerprint density at radius 2 is 1.88 bits per heavy atom. The lowest BCUT2D eigenvalue weighted by Gasteiger charge is -2.03. The van der Waals surface area contributed by atoms with Crippen molar-refractivity contribution in [2.45, 2.75) is 6.18 Å². The SMILES string of the molecule is On1c(C(F)(F)F)nc2c(Cl)cc(Cl)cc21. The summed E-state index contributed by atoms with van der Waals surface area (Å²) in [5.41, 5.74) is -0.342. The average Bonchev–Trinajstić information content (AvgIpc) is 2.43. The van der Waals surface area contributed by atoms with Crippen molar-refractivity contribution in [2.75, 3.05) is 0 Å². The topological polar surface area (TPSA) is 38.0 Å². The molecule has 1 N–H and O–H groups in total. The number of alkyl halides is 3. The molecule has 0 spiro atoms. The van der Waals surface area contributed by atoms with E-state index < -0.39 is 12.0 Å². The summed E-state index contributed by atoms with van der Waals surface area (Å²) in [5.74, 6) is -1.44. The van der Waals surface area contributed by atoms with Gasteiger partial charge in [0.2, 0.25) is 0 Å². The first-order chi connectivity index (χ1) is 7.30. The molecule has 0 radical (unpaired) electrons. The maximum absolute atomic E-state index is 12.4. The van der Waals surface area contributed by atoms with Crippen molar-refractivity contribution in [3.8, 4) is 0 Å². The Hall–Kier alpha value is -1.14. The van der Waals surface area contributed by atoms with Gasteiger partial charge in [-0.15, -0.1) is 0 Å². The Morgan fingerprint density at radius 3 is 2.44 bits per heavy atom. The van der Waals surface area contributed by atoms with Crippen molar-refractivity contribution in [1.29, 1.82) is 0 Å². The average molecular weight is 271 g/mol. The standard InChI is InChI=1S/C8H3Cl2F3N2O/c9-3-1-4(10)6-5(2-3)15(16)7(14-6)8(11,12)13/h1-2,16H. The number of imidazole rings is 1. The molecule has 2 rings (SSSR count). The molecule has 2 aromatic rings. The van der Waals surface area contributed by atoms with Crippen LogP contribution in [-0.4, -0.2) is 14.9 Å². The van der Waals surface area contributed by atoms with E-state index in [0.29, 0.717) is 0 Å². The van der Waals surface area contributed by atoms with Crippen LogP contribution in [0.4, 0.5) is 13.2 Å². The minimum atomic E-state index is -4.76. The lowest BCUT2D eigenvalue weighted by atomic mass is 10.3. The number of halogens is 5. The quantitative estimate of drug-likeness (QED) is 0.743. The minimum absolute atomic E-state index is 0.0548. The predicted octanol–water partition coefficient (Wildman–Crippen LogP) is 3.60. The van der Waals surface area contributed by atoms with Gasteiger partial charge in [-0.1, -0.05) is 23.2 Å². The van der Waals surface area contributed by atoms with Crippen LogP contribution in [0.25, 0.3) is 11.0 Å². The van der Waals surface area contributed by atoms with Gasteiger partial charge in [-0.3, -0.25) is 0 Å². The molecule has 0 bridgehead atoms. The molecule has 0 saturated heterocycles. The van der Waals surface area contributed by atoms with Crippen LogP contribution >= 0.6 is 23.2 Å². The zero-order valence-corrected chi connectivity index (χ0v) is 8.90. The molecule has 86 valence electrons. The Bertz CT molecular complexity index is 564. The Morgan fingerprint density at radius 1 is 1.25 bits per heavy atom. The van der Waals surface area contributed by atoms with Gasteiger partial charge in [-0.05, 0) is 12.1 Å². The van der Waals surface area contributed by atoms with Gasteiger partial charge in [-0.25, -0.2) is 4.98 Å². The molecule has 3 nitrogen and oxygen atoms in total. The van der Waals surface area contributed by atoms with E-state index in [-0.39, 0.29) is 25.8 Å². The molecule has 0 saturated carbocycles. The number of fused-ring (bicyclic) bond motifs is 1. The monoisotopic (exact) mass is 270 g/mol. The van der Waals surface area contributed by atoms with Crippen molar-refractivity contribution in [1.82, 2.24) is 9.71 Å². The molecule has 0 fully saturated rings. The smallest absolute Gasteiger partial charge is 0.426 e. The van der Waals surface area contributed by atoms with E-state index >= 15 is 0 Å². The largest absolute Gasteiger partial charge is 0.453 e. The van der Waals surface area contributed by atoms with Crippen molar-refractivity contribution >= 4 is 34.2 Å². The lowest BCUT2D eigenvalue weighted by Crippen LogP contribution is -2.12. The Labute approximate surface area is 97.0 Å². The molecular weight excluding hydrogens is 268 g/mol. The summed E-state index contributed by atoms with van der Waals surface area (Å²) in [7, 11) is 0.